The Morgan fingerprint density at radius 1 is 1.33 bits per heavy atom. The summed E-state index contributed by atoms with van der Waals surface area (Å²) in [5, 5.41) is 0. The maximum atomic E-state index is 12.0. The third-order valence-corrected chi connectivity index (χ3v) is 2.80. The van der Waals surface area contributed by atoms with E-state index < -0.39 is 12.8 Å². The minimum absolute atomic E-state index is 0.00598. The lowest BCUT2D eigenvalue weighted by Gasteiger charge is -2.26. The van der Waals surface area contributed by atoms with E-state index in [4.69, 9.17) is 0 Å². The lowest BCUT2D eigenvalue weighted by Crippen LogP contribution is -2.31. The highest BCUT2D eigenvalue weighted by molar-refractivity contribution is 5.95. The first-order chi connectivity index (χ1) is 8.37. The van der Waals surface area contributed by atoms with E-state index in [1.807, 2.05) is 0 Å². The van der Waals surface area contributed by atoms with Gasteiger partial charge in [0.05, 0.1) is 0 Å². The number of hydrogen-bond acceptors (Lipinski definition) is 2. The lowest BCUT2D eigenvalue weighted by atomic mass is 10.0. The van der Waals surface area contributed by atoms with Crippen molar-refractivity contribution in [3.63, 3.8) is 0 Å². The van der Waals surface area contributed by atoms with Gasteiger partial charge < -0.3 is 9.64 Å². The van der Waals surface area contributed by atoms with E-state index in [9.17, 15) is 18.0 Å². The molecule has 0 aromatic heterocycles. The molecule has 1 aromatic carbocycles. The van der Waals surface area contributed by atoms with Crippen molar-refractivity contribution in [2.24, 2.45) is 0 Å². The van der Waals surface area contributed by atoms with Crippen molar-refractivity contribution in [3.05, 3.63) is 23.8 Å². The number of halogens is 3. The molecule has 0 N–H and O–H groups in total. The monoisotopic (exact) mass is 259 g/mol. The van der Waals surface area contributed by atoms with Gasteiger partial charge in [0, 0.05) is 19.2 Å². The van der Waals surface area contributed by atoms with E-state index in [1.165, 1.54) is 11.0 Å². The second kappa shape index (κ2) is 4.51. The maximum absolute atomic E-state index is 12.0. The van der Waals surface area contributed by atoms with Gasteiger partial charge >= 0.3 is 6.18 Å². The molecule has 0 radical (unpaired) electrons. The Labute approximate surface area is 102 Å². The largest absolute Gasteiger partial charge is 0.484 e. The molecule has 0 saturated heterocycles. The van der Waals surface area contributed by atoms with E-state index in [1.54, 1.807) is 19.2 Å². The number of carbonyl (C=O) groups is 1. The highest BCUT2D eigenvalue weighted by Crippen LogP contribution is 2.30. The van der Waals surface area contributed by atoms with Crippen LogP contribution in [0.25, 0.3) is 0 Å². The summed E-state index contributed by atoms with van der Waals surface area (Å²) >= 11 is 0. The standard InChI is InChI=1S/C12H12F3NO2/c1-16-10-4-3-9(18-7-12(13,14)15)6-8(10)2-5-11(16)17/h3-4,6H,2,5,7H2,1H3. The van der Waals surface area contributed by atoms with E-state index in [2.05, 4.69) is 4.74 Å². The number of ether oxygens (including phenoxy) is 1. The first-order valence-electron chi connectivity index (χ1n) is 5.46. The molecular weight excluding hydrogens is 247 g/mol. The summed E-state index contributed by atoms with van der Waals surface area (Å²) in [6, 6.07) is 4.61. The van der Waals surface area contributed by atoms with Crippen LogP contribution < -0.4 is 9.64 Å². The van der Waals surface area contributed by atoms with Crippen molar-refractivity contribution in [3.8, 4) is 5.75 Å². The number of anilines is 1. The van der Waals surface area contributed by atoms with Crippen molar-refractivity contribution < 1.29 is 22.7 Å². The molecule has 0 atom stereocenters. The van der Waals surface area contributed by atoms with Crippen LogP contribution in [0.5, 0.6) is 5.75 Å². The second-order valence-electron chi connectivity index (χ2n) is 4.15. The molecule has 1 heterocycles. The summed E-state index contributed by atoms with van der Waals surface area (Å²) in [5.74, 6) is 0.181. The number of alkyl halides is 3. The molecule has 98 valence electrons. The number of hydrogen-bond donors (Lipinski definition) is 0. The second-order valence-corrected chi connectivity index (χ2v) is 4.15. The van der Waals surface area contributed by atoms with Gasteiger partial charge in [-0.25, -0.2) is 0 Å². The SMILES string of the molecule is CN1C(=O)CCc2cc(OCC(F)(F)F)ccc21. The number of rotatable bonds is 2. The summed E-state index contributed by atoms with van der Waals surface area (Å²) in [4.78, 5) is 13.0. The van der Waals surface area contributed by atoms with Crippen LogP contribution in [0.2, 0.25) is 0 Å². The number of nitrogens with zero attached hydrogens (tertiary/aromatic N) is 1. The fourth-order valence-electron chi connectivity index (χ4n) is 1.89. The summed E-state index contributed by atoms with van der Waals surface area (Å²) in [5.41, 5.74) is 1.56. The molecule has 2 rings (SSSR count). The highest BCUT2D eigenvalue weighted by atomic mass is 19.4. The van der Waals surface area contributed by atoms with Gasteiger partial charge in [-0.1, -0.05) is 0 Å². The molecule has 0 saturated carbocycles. The molecular formula is C12H12F3NO2. The smallest absolute Gasteiger partial charge is 0.422 e. The van der Waals surface area contributed by atoms with Gasteiger partial charge in [0.2, 0.25) is 5.91 Å². The van der Waals surface area contributed by atoms with E-state index in [-0.39, 0.29) is 11.7 Å². The Morgan fingerprint density at radius 2 is 2.06 bits per heavy atom. The van der Waals surface area contributed by atoms with Gasteiger partial charge in [0.15, 0.2) is 6.61 Å². The Kier molecular flexibility index (Phi) is 3.19. The Morgan fingerprint density at radius 3 is 2.72 bits per heavy atom. The molecule has 0 spiro atoms. The van der Waals surface area contributed by atoms with Crippen LogP contribution in [0.1, 0.15) is 12.0 Å². The molecule has 1 amide bonds. The van der Waals surface area contributed by atoms with Gasteiger partial charge in [-0.2, -0.15) is 13.2 Å². The number of fused-ring (bicyclic) bond motifs is 1. The van der Waals surface area contributed by atoms with E-state index in [0.29, 0.717) is 12.8 Å². The normalized spacial score (nSPS) is 15.6. The molecule has 0 bridgehead atoms. The van der Waals surface area contributed by atoms with Crippen LogP contribution in [-0.2, 0) is 11.2 Å². The molecule has 0 aliphatic carbocycles. The zero-order chi connectivity index (χ0) is 13.3. The molecule has 0 unspecified atom stereocenters. The molecule has 18 heavy (non-hydrogen) atoms. The van der Waals surface area contributed by atoms with Gasteiger partial charge in [0.1, 0.15) is 5.75 Å². The lowest BCUT2D eigenvalue weighted by molar-refractivity contribution is -0.153. The quantitative estimate of drug-likeness (QED) is 0.816. The number of amides is 1. The first kappa shape index (κ1) is 12.7. The fourth-order valence-corrected chi connectivity index (χ4v) is 1.89. The van der Waals surface area contributed by atoms with Gasteiger partial charge in [-0.3, -0.25) is 4.79 Å². The van der Waals surface area contributed by atoms with Crippen LogP contribution in [0.3, 0.4) is 0 Å². The van der Waals surface area contributed by atoms with Crippen molar-refractivity contribution in [1.29, 1.82) is 0 Å². The minimum atomic E-state index is -4.34. The Bertz CT molecular complexity index is 471. The average molecular weight is 259 g/mol. The summed E-state index contributed by atoms with van der Waals surface area (Å²) in [6.07, 6.45) is -3.45. The van der Waals surface area contributed by atoms with Gasteiger partial charge in [0.25, 0.3) is 0 Å². The number of benzene rings is 1. The third-order valence-electron chi connectivity index (χ3n) is 2.80. The van der Waals surface area contributed by atoms with Crippen LogP contribution in [0.4, 0.5) is 18.9 Å². The van der Waals surface area contributed by atoms with Crippen LogP contribution in [-0.4, -0.2) is 25.7 Å². The predicted molar refractivity (Wildman–Crippen MR) is 59.7 cm³/mol. The Hall–Kier alpha value is -1.72. The molecule has 3 nitrogen and oxygen atoms in total. The third kappa shape index (κ3) is 2.75. The molecule has 0 fully saturated rings. The number of carbonyl (C=O) groups excluding carboxylic acids is 1. The maximum Gasteiger partial charge on any atom is 0.422 e. The van der Waals surface area contributed by atoms with Crippen molar-refractivity contribution in [1.82, 2.24) is 0 Å². The van der Waals surface area contributed by atoms with Gasteiger partial charge in [-0.15, -0.1) is 0 Å². The molecule has 6 heteroatoms. The highest BCUT2D eigenvalue weighted by Gasteiger charge is 2.28. The zero-order valence-electron chi connectivity index (χ0n) is 9.75. The summed E-state index contributed by atoms with van der Waals surface area (Å²) < 4.78 is 40.7. The van der Waals surface area contributed by atoms with E-state index >= 15 is 0 Å². The number of aryl methyl sites for hydroxylation is 1. The van der Waals surface area contributed by atoms with Crippen LogP contribution in [0, 0.1) is 0 Å². The predicted octanol–water partition coefficient (Wildman–Crippen LogP) is 2.54. The van der Waals surface area contributed by atoms with Gasteiger partial charge in [-0.05, 0) is 30.2 Å². The average Bonchev–Trinajstić information content (AvgIpc) is 2.30. The van der Waals surface area contributed by atoms with E-state index in [0.717, 1.165) is 11.3 Å². The molecule has 1 aromatic rings. The van der Waals surface area contributed by atoms with Crippen molar-refractivity contribution in [2.45, 2.75) is 19.0 Å². The minimum Gasteiger partial charge on any atom is -0.484 e. The van der Waals surface area contributed by atoms with Crippen LogP contribution in [0.15, 0.2) is 18.2 Å². The summed E-state index contributed by atoms with van der Waals surface area (Å²) in [7, 11) is 1.65. The van der Waals surface area contributed by atoms with Crippen molar-refractivity contribution >= 4 is 11.6 Å². The zero-order valence-corrected chi connectivity index (χ0v) is 9.75. The Balaban J connectivity index is 2.15. The summed E-state index contributed by atoms with van der Waals surface area (Å²) in [6.45, 7) is -1.31. The van der Waals surface area contributed by atoms with Crippen molar-refractivity contribution in [2.75, 3.05) is 18.6 Å². The molecule has 1 aliphatic rings. The topological polar surface area (TPSA) is 29.5 Å². The van der Waals surface area contributed by atoms with Crippen LogP contribution >= 0.6 is 0 Å². The first-order valence-corrected chi connectivity index (χ1v) is 5.46. The molecule has 1 aliphatic heterocycles. The fraction of sp³-hybridized carbons (Fsp3) is 0.417.